The van der Waals surface area contributed by atoms with Crippen LogP contribution in [0.25, 0.3) is 11.3 Å². The second kappa shape index (κ2) is 14.1. The summed E-state index contributed by atoms with van der Waals surface area (Å²) >= 11 is 0. The van der Waals surface area contributed by atoms with E-state index in [2.05, 4.69) is 40.6 Å². The SMILES string of the molecule is COc1cc(Nc2cc(-c3ccc([C@@H](C)NC(=O)c4nc(C(C)(C)C)no4)c(C)c3)ncn2)ncc1N1CCN(C(=O)OC(C)(C)C)CC1. The molecule has 3 aromatic heterocycles. The minimum atomic E-state index is -0.535. The quantitative estimate of drug-likeness (QED) is 0.231. The van der Waals surface area contributed by atoms with Crippen molar-refractivity contribution < 1.29 is 23.6 Å². The zero-order valence-electron chi connectivity index (χ0n) is 29.6. The fourth-order valence-corrected chi connectivity index (χ4v) is 5.35. The predicted octanol–water partition coefficient (Wildman–Crippen LogP) is 5.83. The van der Waals surface area contributed by atoms with E-state index in [1.807, 2.05) is 85.7 Å². The van der Waals surface area contributed by atoms with E-state index in [9.17, 15) is 9.59 Å². The first-order chi connectivity index (χ1) is 23.1. The number of amides is 2. The maximum absolute atomic E-state index is 12.8. The average Bonchev–Trinajstić information content (AvgIpc) is 3.56. The van der Waals surface area contributed by atoms with Crippen LogP contribution in [0.3, 0.4) is 0 Å². The highest BCUT2D eigenvalue weighted by atomic mass is 16.6. The van der Waals surface area contributed by atoms with Gasteiger partial charge in [0.05, 0.1) is 30.7 Å². The number of aromatic nitrogens is 5. The molecular weight excluding hydrogens is 626 g/mol. The Morgan fingerprint density at radius 2 is 1.67 bits per heavy atom. The minimum absolute atomic E-state index is 0.0630. The van der Waals surface area contributed by atoms with Crippen LogP contribution in [0.15, 0.2) is 47.4 Å². The number of methoxy groups -OCH3 is 1. The summed E-state index contributed by atoms with van der Waals surface area (Å²) in [7, 11) is 1.62. The van der Waals surface area contributed by atoms with Crippen molar-refractivity contribution in [1.29, 1.82) is 0 Å². The van der Waals surface area contributed by atoms with Gasteiger partial charge in [0.25, 0.3) is 0 Å². The molecule has 0 saturated carbocycles. The highest BCUT2D eigenvalue weighted by Crippen LogP contribution is 2.32. The van der Waals surface area contributed by atoms with Crippen molar-refractivity contribution in [2.75, 3.05) is 43.5 Å². The normalized spacial score (nSPS) is 14.3. The van der Waals surface area contributed by atoms with Crippen LogP contribution >= 0.6 is 0 Å². The number of rotatable bonds is 8. The van der Waals surface area contributed by atoms with Crippen LogP contribution in [0.4, 0.5) is 22.1 Å². The number of aryl methyl sites for hydroxylation is 1. The fraction of sp³-hybridized carbons (Fsp3) is 0.457. The van der Waals surface area contributed by atoms with E-state index in [1.54, 1.807) is 18.2 Å². The van der Waals surface area contributed by atoms with E-state index in [0.717, 1.165) is 28.1 Å². The lowest BCUT2D eigenvalue weighted by Gasteiger charge is -2.37. The molecule has 2 amide bonds. The number of carbonyl (C=O) groups excluding carboxylic acids is 2. The van der Waals surface area contributed by atoms with E-state index in [0.29, 0.717) is 49.4 Å². The van der Waals surface area contributed by atoms with Gasteiger partial charge in [0.1, 0.15) is 29.3 Å². The van der Waals surface area contributed by atoms with E-state index in [1.165, 1.54) is 6.33 Å². The van der Waals surface area contributed by atoms with E-state index in [-0.39, 0.29) is 23.4 Å². The van der Waals surface area contributed by atoms with Gasteiger partial charge in [-0.2, -0.15) is 4.98 Å². The van der Waals surface area contributed by atoms with Crippen molar-refractivity contribution in [2.24, 2.45) is 0 Å². The zero-order chi connectivity index (χ0) is 35.5. The van der Waals surface area contributed by atoms with Gasteiger partial charge in [0.15, 0.2) is 5.82 Å². The first-order valence-corrected chi connectivity index (χ1v) is 16.2. The third-order valence-electron chi connectivity index (χ3n) is 7.93. The van der Waals surface area contributed by atoms with Crippen LogP contribution in [0.1, 0.15) is 82.1 Å². The number of hydrogen-bond donors (Lipinski definition) is 2. The Labute approximate surface area is 286 Å². The molecular formula is C35H45N9O5. The monoisotopic (exact) mass is 671 g/mol. The Kier molecular flexibility index (Phi) is 10.1. The highest BCUT2D eigenvalue weighted by Gasteiger charge is 2.28. The van der Waals surface area contributed by atoms with Crippen LogP contribution < -0.4 is 20.3 Å². The lowest BCUT2D eigenvalue weighted by atomic mass is 9.96. The summed E-state index contributed by atoms with van der Waals surface area (Å²) < 4.78 is 16.4. The lowest BCUT2D eigenvalue weighted by molar-refractivity contribution is 0.0240. The minimum Gasteiger partial charge on any atom is -0.494 e. The molecule has 2 N–H and O–H groups in total. The fourth-order valence-electron chi connectivity index (χ4n) is 5.35. The molecule has 0 spiro atoms. The van der Waals surface area contributed by atoms with Gasteiger partial charge in [-0.3, -0.25) is 4.79 Å². The number of carbonyl (C=O) groups is 2. The van der Waals surface area contributed by atoms with Gasteiger partial charge in [0.2, 0.25) is 0 Å². The van der Waals surface area contributed by atoms with Crippen molar-refractivity contribution in [1.82, 2.24) is 35.3 Å². The molecule has 5 rings (SSSR count). The standard InChI is InChI=1S/C35H45N9O5/c1-21-16-23(10-11-24(21)22(2)39-30(45)31-41-32(42-49-31)34(3,4)5)25-17-28(38-20-37-25)40-29-18-27(47-9)26(19-36-29)43-12-14-44(15-13-43)33(46)48-35(6,7)8/h10-11,16-20,22H,12-15H2,1-9H3,(H,39,45)(H,36,37,38,40)/t22-/m1/s1. The molecule has 0 unspecified atom stereocenters. The predicted molar refractivity (Wildman–Crippen MR) is 185 cm³/mol. The molecule has 14 nitrogen and oxygen atoms in total. The third-order valence-corrected chi connectivity index (χ3v) is 7.93. The summed E-state index contributed by atoms with van der Waals surface area (Å²) in [6.07, 6.45) is 2.95. The Balaban J connectivity index is 1.23. The van der Waals surface area contributed by atoms with Crippen molar-refractivity contribution in [3.05, 3.63) is 65.7 Å². The summed E-state index contributed by atoms with van der Waals surface area (Å²) in [4.78, 5) is 46.9. The highest BCUT2D eigenvalue weighted by molar-refractivity contribution is 5.89. The number of hydrogen-bond acceptors (Lipinski definition) is 12. The largest absolute Gasteiger partial charge is 0.494 e. The Morgan fingerprint density at radius 3 is 2.31 bits per heavy atom. The molecule has 0 aliphatic carbocycles. The topological polar surface area (TPSA) is 161 Å². The van der Waals surface area contributed by atoms with Crippen LogP contribution in [0.2, 0.25) is 0 Å². The van der Waals surface area contributed by atoms with Gasteiger partial charge in [-0.15, -0.1) is 0 Å². The summed E-state index contributed by atoms with van der Waals surface area (Å²) in [5.74, 6) is 1.76. The lowest BCUT2D eigenvalue weighted by Crippen LogP contribution is -2.50. The molecule has 1 aromatic carbocycles. The van der Waals surface area contributed by atoms with Crippen molar-refractivity contribution in [2.45, 2.75) is 72.4 Å². The van der Waals surface area contributed by atoms with Crippen molar-refractivity contribution >= 4 is 29.3 Å². The first kappa shape index (κ1) is 35.0. The smallest absolute Gasteiger partial charge is 0.410 e. The second-order valence-electron chi connectivity index (χ2n) is 14.0. The summed E-state index contributed by atoms with van der Waals surface area (Å²) in [6.45, 7) is 17.7. The Morgan fingerprint density at radius 1 is 0.959 bits per heavy atom. The number of ether oxygens (including phenoxy) is 2. The molecule has 14 heteroatoms. The van der Waals surface area contributed by atoms with Gasteiger partial charge >= 0.3 is 17.9 Å². The van der Waals surface area contributed by atoms with Crippen LogP contribution in [0.5, 0.6) is 5.75 Å². The van der Waals surface area contributed by atoms with Gasteiger partial charge in [-0.05, 0) is 51.8 Å². The van der Waals surface area contributed by atoms with Crippen LogP contribution in [-0.2, 0) is 10.2 Å². The molecule has 1 aliphatic rings. The number of piperazine rings is 1. The number of pyridine rings is 1. The maximum atomic E-state index is 12.8. The van der Waals surface area contributed by atoms with Gasteiger partial charge < -0.3 is 34.4 Å². The molecule has 1 aliphatic heterocycles. The summed E-state index contributed by atoms with van der Waals surface area (Å²) in [6, 6.07) is 9.32. The van der Waals surface area contributed by atoms with Gasteiger partial charge in [0, 0.05) is 49.3 Å². The van der Waals surface area contributed by atoms with Gasteiger partial charge in [-0.25, -0.2) is 19.7 Å². The van der Waals surface area contributed by atoms with E-state index in [4.69, 9.17) is 14.0 Å². The second-order valence-corrected chi connectivity index (χ2v) is 14.0. The van der Waals surface area contributed by atoms with Crippen LogP contribution in [0, 0.1) is 6.92 Å². The molecule has 4 aromatic rings. The third kappa shape index (κ3) is 8.61. The number of anilines is 3. The number of benzene rings is 1. The van der Waals surface area contributed by atoms with E-state index >= 15 is 0 Å². The van der Waals surface area contributed by atoms with Crippen molar-refractivity contribution in [3.8, 4) is 17.0 Å². The molecule has 1 atom stereocenters. The maximum Gasteiger partial charge on any atom is 0.410 e. The molecule has 260 valence electrons. The van der Waals surface area contributed by atoms with Crippen molar-refractivity contribution in [3.63, 3.8) is 0 Å². The molecule has 0 bridgehead atoms. The molecule has 0 radical (unpaired) electrons. The molecule has 1 saturated heterocycles. The zero-order valence-corrected chi connectivity index (χ0v) is 29.6. The first-order valence-electron chi connectivity index (χ1n) is 16.2. The Bertz CT molecular complexity index is 1800. The summed E-state index contributed by atoms with van der Waals surface area (Å²) in [5.41, 5.74) is 3.52. The molecule has 49 heavy (non-hydrogen) atoms. The number of nitrogens with zero attached hydrogens (tertiary/aromatic N) is 7. The van der Waals surface area contributed by atoms with E-state index < -0.39 is 11.5 Å². The molecule has 1 fully saturated rings. The average molecular weight is 672 g/mol. The van der Waals surface area contributed by atoms with Crippen LogP contribution in [-0.4, -0.2) is 80.9 Å². The Hall–Kier alpha value is -5.27. The van der Waals surface area contributed by atoms with Gasteiger partial charge in [-0.1, -0.05) is 38.1 Å². The summed E-state index contributed by atoms with van der Waals surface area (Å²) in [5, 5.41) is 10.1. The number of nitrogens with one attached hydrogen (secondary N) is 2. The molecule has 4 heterocycles.